The van der Waals surface area contributed by atoms with Crippen LogP contribution in [0.3, 0.4) is 0 Å². The molecule has 0 saturated carbocycles. The number of carbonyl (C=O) groups is 1. The van der Waals surface area contributed by atoms with Gasteiger partial charge in [0.25, 0.3) is 5.91 Å². The molecule has 2 aromatic rings. The number of rotatable bonds is 5. The second-order valence-electron chi connectivity index (χ2n) is 6.35. The summed E-state index contributed by atoms with van der Waals surface area (Å²) in [6.45, 7) is 4.08. The molecule has 138 valence electrons. The van der Waals surface area contributed by atoms with E-state index in [4.69, 9.17) is 21.1 Å². The molecule has 1 aliphatic rings. The van der Waals surface area contributed by atoms with Crippen LogP contribution in [0.25, 0.3) is 0 Å². The quantitative estimate of drug-likeness (QED) is 0.868. The molecule has 5 nitrogen and oxygen atoms in total. The minimum atomic E-state index is -0.0162. The summed E-state index contributed by atoms with van der Waals surface area (Å²) >= 11 is 6.26. The molecular weight excluding hydrogens is 352 g/mol. The summed E-state index contributed by atoms with van der Waals surface area (Å²) in [6.07, 6.45) is 0. The van der Waals surface area contributed by atoms with E-state index in [1.807, 2.05) is 29.2 Å². The van der Waals surface area contributed by atoms with Gasteiger partial charge in [-0.3, -0.25) is 4.79 Å². The number of benzene rings is 2. The summed E-state index contributed by atoms with van der Waals surface area (Å²) in [5.41, 5.74) is 1.69. The van der Waals surface area contributed by atoms with E-state index in [0.29, 0.717) is 30.2 Å². The first-order chi connectivity index (χ1) is 12.6. The molecule has 0 aromatic heterocycles. The van der Waals surface area contributed by atoms with E-state index in [-0.39, 0.29) is 5.91 Å². The molecule has 6 heteroatoms. The highest BCUT2D eigenvalue weighted by molar-refractivity contribution is 6.31. The normalized spacial score (nSPS) is 15.0. The molecule has 1 aliphatic heterocycles. The summed E-state index contributed by atoms with van der Waals surface area (Å²) in [6, 6.07) is 13.3. The zero-order chi connectivity index (χ0) is 18.5. The smallest absolute Gasteiger partial charge is 0.258 e. The predicted molar refractivity (Wildman–Crippen MR) is 101 cm³/mol. The fourth-order valence-corrected chi connectivity index (χ4v) is 3.54. The van der Waals surface area contributed by atoms with Crippen molar-refractivity contribution in [3.63, 3.8) is 0 Å². The van der Waals surface area contributed by atoms with Crippen LogP contribution in [0.15, 0.2) is 42.5 Å². The van der Waals surface area contributed by atoms with Crippen LogP contribution >= 0.6 is 11.6 Å². The van der Waals surface area contributed by atoms with E-state index in [0.717, 1.165) is 30.2 Å². The number of halogens is 1. The van der Waals surface area contributed by atoms with Crippen LogP contribution in [-0.2, 0) is 6.54 Å². The third kappa shape index (κ3) is 3.94. The first-order valence-corrected chi connectivity index (χ1v) is 9.09. The number of hydrogen-bond acceptors (Lipinski definition) is 3. The van der Waals surface area contributed by atoms with Crippen molar-refractivity contribution in [2.75, 3.05) is 40.4 Å². The summed E-state index contributed by atoms with van der Waals surface area (Å²) in [5.74, 6) is 1.05. The largest absolute Gasteiger partial charge is 0.493 e. The minimum Gasteiger partial charge on any atom is -0.493 e. The molecule has 0 unspecified atom stereocenters. The van der Waals surface area contributed by atoms with Crippen LogP contribution in [0.5, 0.6) is 11.5 Å². The number of quaternary nitrogens is 1. The SMILES string of the molecule is COc1cccc(C(=O)N2CC[NH+](Cc3ccccc3Cl)CC2)c1OC. The molecule has 2 aromatic carbocycles. The molecule has 0 spiro atoms. The number of piperazine rings is 1. The second-order valence-corrected chi connectivity index (χ2v) is 6.76. The Morgan fingerprint density at radius 2 is 1.81 bits per heavy atom. The molecule has 0 aliphatic carbocycles. The summed E-state index contributed by atoms with van der Waals surface area (Å²) in [5, 5.41) is 0.805. The van der Waals surface area contributed by atoms with Crippen molar-refractivity contribution >= 4 is 17.5 Å². The number of hydrogen-bond donors (Lipinski definition) is 1. The maximum atomic E-state index is 12.9. The van der Waals surface area contributed by atoms with Crippen molar-refractivity contribution in [3.8, 4) is 11.5 Å². The number of ether oxygens (including phenoxy) is 2. The Morgan fingerprint density at radius 3 is 2.46 bits per heavy atom. The van der Waals surface area contributed by atoms with E-state index < -0.39 is 0 Å². The van der Waals surface area contributed by atoms with Crippen LogP contribution < -0.4 is 14.4 Å². The Kier molecular flexibility index (Phi) is 6.01. The monoisotopic (exact) mass is 375 g/mol. The Hall–Kier alpha value is -2.24. The van der Waals surface area contributed by atoms with Gasteiger partial charge in [0.15, 0.2) is 11.5 Å². The third-order valence-corrected chi connectivity index (χ3v) is 5.16. The third-order valence-electron chi connectivity index (χ3n) is 4.79. The van der Waals surface area contributed by atoms with Crippen molar-refractivity contribution < 1.29 is 19.2 Å². The zero-order valence-corrected chi connectivity index (χ0v) is 15.9. The molecule has 26 heavy (non-hydrogen) atoms. The molecule has 0 radical (unpaired) electrons. The summed E-state index contributed by atoms with van der Waals surface area (Å²) in [7, 11) is 3.13. The number of nitrogens with one attached hydrogen (secondary N) is 1. The van der Waals surface area contributed by atoms with Crippen molar-refractivity contribution in [2.45, 2.75) is 6.54 Å². The van der Waals surface area contributed by atoms with Gasteiger partial charge in [0.05, 0.1) is 46.0 Å². The molecule has 0 bridgehead atoms. The first-order valence-electron chi connectivity index (χ1n) is 8.71. The van der Waals surface area contributed by atoms with Crippen LogP contribution in [0.1, 0.15) is 15.9 Å². The van der Waals surface area contributed by atoms with Crippen molar-refractivity contribution in [2.24, 2.45) is 0 Å². The van der Waals surface area contributed by atoms with Crippen molar-refractivity contribution in [3.05, 3.63) is 58.6 Å². The van der Waals surface area contributed by atoms with Gasteiger partial charge in [-0.15, -0.1) is 0 Å². The summed E-state index contributed by atoms with van der Waals surface area (Å²) < 4.78 is 10.7. The first kappa shape index (κ1) is 18.5. The second kappa shape index (κ2) is 8.43. The van der Waals surface area contributed by atoms with Gasteiger partial charge in [0.2, 0.25) is 0 Å². The number of para-hydroxylation sites is 1. The standard InChI is InChI=1S/C20H23ClN2O3/c1-25-18-9-5-7-16(19(18)26-2)20(24)23-12-10-22(11-13-23)14-15-6-3-4-8-17(15)21/h3-9H,10-14H2,1-2H3/p+1. The average Bonchev–Trinajstić information content (AvgIpc) is 2.69. The van der Waals surface area contributed by atoms with Gasteiger partial charge in [-0.1, -0.05) is 35.9 Å². The van der Waals surface area contributed by atoms with E-state index in [1.165, 1.54) is 4.90 Å². The number of methoxy groups -OCH3 is 2. The van der Waals surface area contributed by atoms with E-state index in [2.05, 4.69) is 6.07 Å². The van der Waals surface area contributed by atoms with Crippen LogP contribution in [0.2, 0.25) is 5.02 Å². The maximum Gasteiger partial charge on any atom is 0.258 e. The lowest BCUT2D eigenvalue weighted by Crippen LogP contribution is -3.13. The average molecular weight is 376 g/mol. The van der Waals surface area contributed by atoms with E-state index >= 15 is 0 Å². The fourth-order valence-electron chi connectivity index (χ4n) is 3.34. The van der Waals surface area contributed by atoms with Crippen LogP contribution in [0.4, 0.5) is 0 Å². The van der Waals surface area contributed by atoms with Crippen LogP contribution in [-0.4, -0.2) is 51.2 Å². The molecule has 1 fully saturated rings. The number of amides is 1. The molecular formula is C20H24ClN2O3+. The van der Waals surface area contributed by atoms with Gasteiger partial charge >= 0.3 is 0 Å². The molecule has 1 heterocycles. The maximum absolute atomic E-state index is 12.9. The minimum absolute atomic E-state index is 0.0162. The topological polar surface area (TPSA) is 43.2 Å². The Morgan fingerprint density at radius 1 is 1.08 bits per heavy atom. The van der Waals surface area contributed by atoms with Crippen molar-refractivity contribution in [1.29, 1.82) is 0 Å². The van der Waals surface area contributed by atoms with Crippen molar-refractivity contribution in [1.82, 2.24) is 4.90 Å². The number of nitrogens with zero attached hydrogens (tertiary/aromatic N) is 1. The predicted octanol–water partition coefficient (Wildman–Crippen LogP) is 1.90. The molecule has 0 atom stereocenters. The van der Waals surface area contributed by atoms with Gasteiger partial charge < -0.3 is 19.3 Å². The molecule has 1 amide bonds. The summed E-state index contributed by atoms with van der Waals surface area (Å²) in [4.78, 5) is 16.2. The van der Waals surface area contributed by atoms with E-state index in [9.17, 15) is 4.79 Å². The van der Waals surface area contributed by atoms with E-state index in [1.54, 1.807) is 26.4 Å². The highest BCUT2D eigenvalue weighted by atomic mass is 35.5. The highest BCUT2D eigenvalue weighted by Gasteiger charge is 2.27. The van der Waals surface area contributed by atoms with Crippen LogP contribution in [0, 0.1) is 0 Å². The highest BCUT2D eigenvalue weighted by Crippen LogP contribution is 2.31. The molecule has 3 rings (SSSR count). The van der Waals surface area contributed by atoms with Gasteiger partial charge in [-0.05, 0) is 18.2 Å². The van der Waals surface area contributed by atoms with Gasteiger partial charge in [-0.25, -0.2) is 0 Å². The lowest BCUT2D eigenvalue weighted by atomic mass is 10.1. The number of carbonyl (C=O) groups excluding carboxylic acids is 1. The van der Waals surface area contributed by atoms with Gasteiger partial charge in [0.1, 0.15) is 6.54 Å². The Bertz CT molecular complexity index is 773. The Balaban J connectivity index is 1.65. The van der Waals surface area contributed by atoms with Gasteiger partial charge in [0, 0.05) is 10.6 Å². The van der Waals surface area contributed by atoms with Gasteiger partial charge in [-0.2, -0.15) is 0 Å². The lowest BCUT2D eigenvalue weighted by Gasteiger charge is -2.32. The fraction of sp³-hybridized carbons (Fsp3) is 0.350. The zero-order valence-electron chi connectivity index (χ0n) is 15.1. The molecule has 1 N–H and O–H groups in total. The Labute approximate surface area is 159 Å². The lowest BCUT2D eigenvalue weighted by molar-refractivity contribution is -0.917. The molecule has 1 saturated heterocycles.